The highest BCUT2D eigenvalue weighted by Crippen LogP contribution is 2.27. The lowest BCUT2D eigenvalue weighted by atomic mass is 9.91. The van der Waals surface area contributed by atoms with Crippen LogP contribution in [0.4, 0.5) is 5.69 Å². The Bertz CT molecular complexity index is 558. The Balaban J connectivity index is 1.93. The standard InChI is InChI=1S/C17H23NO4/c1-4-17(2,3)16(19)21-11-12-7-8-14(13(18)10-12)22-15-6-5-9-20-15/h5,7-10,15H,4,6,11,18H2,1-3H3. The van der Waals surface area contributed by atoms with Crippen LogP contribution in [0.15, 0.2) is 30.5 Å². The lowest BCUT2D eigenvalue weighted by molar-refractivity contribution is -0.155. The summed E-state index contributed by atoms with van der Waals surface area (Å²) in [5, 5.41) is 0. The number of carbonyl (C=O) groups is 1. The third-order valence-corrected chi connectivity index (χ3v) is 3.79. The van der Waals surface area contributed by atoms with Crippen molar-refractivity contribution in [3.63, 3.8) is 0 Å². The smallest absolute Gasteiger partial charge is 0.311 e. The molecule has 120 valence electrons. The van der Waals surface area contributed by atoms with Gasteiger partial charge in [-0.1, -0.05) is 13.0 Å². The fourth-order valence-corrected chi connectivity index (χ4v) is 1.87. The highest BCUT2D eigenvalue weighted by Gasteiger charge is 2.27. The Kier molecular flexibility index (Phi) is 4.96. The minimum atomic E-state index is -0.471. The lowest BCUT2D eigenvalue weighted by Crippen LogP contribution is -2.25. The Labute approximate surface area is 131 Å². The summed E-state index contributed by atoms with van der Waals surface area (Å²) in [6.45, 7) is 5.91. The van der Waals surface area contributed by atoms with Crippen LogP contribution >= 0.6 is 0 Å². The van der Waals surface area contributed by atoms with Crippen molar-refractivity contribution < 1.29 is 19.0 Å². The molecule has 0 aromatic heterocycles. The Hall–Kier alpha value is -2.17. The Morgan fingerprint density at radius 1 is 1.45 bits per heavy atom. The Morgan fingerprint density at radius 3 is 2.82 bits per heavy atom. The van der Waals surface area contributed by atoms with E-state index in [1.54, 1.807) is 18.4 Å². The van der Waals surface area contributed by atoms with Gasteiger partial charge in [0, 0.05) is 6.42 Å². The molecule has 0 saturated heterocycles. The number of esters is 1. The molecule has 0 amide bonds. The molecule has 0 fully saturated rings. The van der Waals surface area contributed by atoms with Gasteiger partial charge in [0.2, 0.25) is 6.29 Å². The molecule has 1 aromatic carbocycles. The summed E-state index contributed by atoms with van der Waals surface area (Å²) in [4.78, 5) is 11.9. The molecular weight excluding hydrogens is 282 g/mol. The Morgan fingerprint density at radius 2 is 2.23 bits per heavy atom. The van der Waals surface area contributed by atoms with Gasteiger partial charge in [-0.15, -0.1) is 0 Å². The molecule has 1 atom stereocenters. The van der Waals surface area contributed by atoms with E-state index in [0.717, 1.165) is 12.0 Å². The van der Waals surface area contributed by atoms with Gasteiger partial charge in [0.05, 0.1) is 17.4 Å². The van der Waals surface area contributed by atoms with Gasteiger partial charge in [0.1, 0.15) is 12.4 Å². The number of carbonyl (C=O) groups excluding carboxylic acids is 1. The maximum Gasteiger partial charge on any atom is 0.311 e. The molecule has 5 heteroatoms. The van der Waals surface area contributed by atoms with Gasteiger partial charge in [0.25, 0.3) is 0 Å². The van der Waals surface area contributed by atoms with Crippen molar-refractivity contribution in [3.8, 4) is 5.75 Å². The van der Waals surface area contributed by atoms with E-state index in [9.17, 15) is 4.79 Å². The maximum atomic E-state index is 11.9. The van der Waals surface area contributed by atoms with Crippen LogP contribution in [0.1, 0.15) is 39.2 Å². The van der Waals surface area contributed by atoms with Gasteiger partial charge in [0.15, 0.2) is 0 Å². The highest BCUT2D eigenvalue weighted by molar-refractivity contribution is 5.75. The second-order valence-corrected chi connectivity index (χ2v) is 5.98. The van der Waals surface area contributed by atoms with E-state index >= 15 is 0 Å². The average molecular weight is 305 g/mol. The summed E-state index contributed by atoms with van der Waals surface area (Å²) < 4.78 is 16.2. The first kappa shape index (κ1) is 16.2. The summed E-state index contributed by atoms with van der Waals surface area (Å²) in [5.41, 5.74) is 6.83. The summed E-state index contributed by atoms with van der Waals surface area (Å²) in [5.74, 6) is 0.358. The van der Waals surface area contributed by atoms with Crippen molar-refractivity contribution in [2.45, 2.75) is 46.5 Å². The number of nitrogens with two attached hydrogens (primary N) is 1. The van der Waals surface area contributed by atoms with Crippen molar-refractivity contribution in [1.82, 2.24) is 0 Å². The van der Waals surface area contributed by atoms with Crippen LogP contribution in [-0.2, 0) is 20.9 Å². The van der Waals surface area contributed by atoms with Crippen molar-refractivity contribution in [2.24, 2.45) is 5.41 Å². The second kappa shape index (κ2) is 6.73. The van der Waals surface area contributed by atoms with E-state index in [-0.39, 0.29) is 18.9 Å². The average Bonchev–Trinajstić information content (AvgIpc) is 3.00. The topological polar surface area (TPSA) is 70.8 Å². The zero-order valence-corrected chi connectivity index (χ0v) is 13.3. The van der Waals surface area contributed by atoms with Crippen LogP contribution in [0.3, 0.4) is 0 Å². The number of ether oxygens (including phenoxy) is 3. The van der Waals surface area contributed by atoms with Crippen LogP contribution in [0.25, 0.3) is 0 Å². The number of anilines is 1. The molecular formula is C17H23NO4. The monoisotopic (exact) mass is 305 g/mol. The number of rotatable bonds is 6. The van der Waals surface area contributed by atoms with E-state index in [2.05, 4.69) is 0 Å². The third kappa shape index (κ3) is 3.93. The molecule has 0 radical (unpaired) electrons. The van der Waals surface area contributed by atoms with Gasteiger partial charge in [-0.3, -0.25) is 4.79 Å². The molecule has 0 saturated carbocycles. The third-order valence-electron chi connectivity index (χ3n) is 3.79. The van der Waals surface area contributed by atoms with Gasteiger partial charge < -0.3 is 19.9 Å². The van der Waals surface area contributed by atoms with Crippen LogP contribution in [0.2, 0.25) is 0 Å². The van der Waals surface area contributed by atoms with E-state index in [1.165, 1.54) is 0 Å². The fraction of sp³-hybridized carbons (Fsp3) is 0.471. The summed E-state index contributed by atoms with van der Waals surface area (Å²) in [6.07, 6.45) is 4.62. The number of nitrogen functional groups attached to an aromatic ring is 1. The molecule has 1 aliphatic heterocycles. The van der Waals surface area contributed by atoms with E-state index in [0.29, 0.717) is 17.9 Å². The predicted octanol–water partition coefficient (Wildman–Crippen LogP) is 3.39. The van der Waals surface area contributed by atoms with Crippen molar-refractivity contribution in [2.75, 3.05) is 5.73 Å². The zero-order chi connectivity index (χ0) is 16.2. The molecule has 22 heavy (non-hydrogen) atoms. The minimum absolute atomic E-state index is 0.203. The van der Waals surface area contributed by atoms with Gasteiger partial charge in [-0.2, -0.15) is 0 Å². The first-order valence-corrected chi connectivity index (χ1v) is 7.45. The normalized spacial score (nSPS) is 17.1. The predicted molar refractivity (Wildman–Crippen MR) is 84.0 cm³/mol. The van der Waals surface area contributed by atoms with Crippen LogP contribution < -0.4 is 10.5 Å². The van der Waals surface area contributed by atoms with Crippen molar-refractivity contribution in [3.05, 3.63) is 36.1 Å². The first-order chi connectivity index (χ1) is 10.4. The number of hydrogen-bond donors (Lipinski definition) is 1. The quantitative estimate of drug-likeness (QED) is 0.644. The largest absolute Gasteiger partial charge is 0.462 e. The molecule has 0 aliphatic carbocycles. The zero-order valence-electron chi connectivity index (χ0n) is 13.3. The molecule has 1 aromatic rings. The summed E-state index contributed by atoms with van der Waals surface area (Å²) >= 11 is 0. The van der Waals surface area contributed by atoms with E-state index in [4.69, 9.17) is 19.9 Å². The van der Waals surface area contributed by atoms with Crippen LogP contribution in [0, 0.1) is 5.41 Å². The fourth-order valence-electron chi connectivity index (χ4n) is 1.87. The molecule has 1 heterocycles. The molecule has 5 nitrogen and oxygen atoms in total. The van der Waals surface area contributed by atoms with Gasteiger partial charge in [-0.25, -0.2) is 0 Å². The second-order valence-electron chi connectivity index (χ2n) is 5.98. The van der Waals surface area contributed by atoms with Crippen LogP contribution in [-0.4, -0.2) is 12.3 Å². The molecule has 1 aliphatic rings. The van der Waals surface area contributed by atoms with Gasteiger partial charge in [-0.05, 0) is 44.0 Å². The van der Waals surface area contributed by atoms with Crippen LogP contribution in [0.5, 0.6) is 5.75 Å². The minimum Gasteiger partial charge on any atom is -0.462 e. The molecule has 2 N–H and O–H groups in total. The number of hydrogen-bond acceptors (Lipinski definition) is 5. The highest BCUT2D eigenvalue weighted by atomic mass is 16.7. The van der Waals surface area contributed by atoms with E-state index in [1.807, 2.05) is 32.9 Å². The molecule has 0 spiro atoms. The summed E-state index contributed by atoms with van der Waals surface area (Å²) in [6, 6.07) is 5.36. The van der Waals surface area contributed by atoms with Crippen molar-refractivity contribution in [1.29, 1.82) is 0 Å². The first-order valence-electron chi connectivity index (χ1n) is 7.45. The van der Waals surface area contributed by atoms with E-state index < -0.39 is 5.41 Å². The maximum absolute atomic E-state index is 11.9. The van der Waals surface area contributed by atoms with Gasteiger partial charge >= 0.3 is 5.97 Å². The van der Waals surface area contributed by atoms with Crippen molar-refractivity contribution >= 4 is 11.7 Å². The SMILES string of the molecule is CCC(C)(C)C(=O)OCc1ccc(OC2CC=CO2)c(N)c1. The number of benzene rings is 1. The molecule has 2 rings (SSSR count). The lowest BCUT2D eigenvalue weighted by Gasteiger charge is -2.20. The molecule has 1 unspecified atom stereocenters. The molecule has 0 bridgehead atoms. The summed E-state index contributed by atoms with van der Waals surface area (Å²) in [7, 11) is 0.